The molecule has 3 heteroatoms. The van der Waals surface area contributed by atoms with Gasteiger partial charge in [-0.1, -0.05) is 56.5 Å². The van der Waals surface area contributed by atoms with E-state index in [1.807, 2.05) is 6.07 Å². The highest BCUT2D eigenvalue weighted by atomic mass is 16.2. The van der Waals surface area contributed by atoms with Gasteiger partial charge in [0.25, 0.3) is 0 Å². The molecule has 1 heterocycles. The number of nitrogens with one attached hydrogen (secondary N) is 1. The maximum absolute atomic E-state index is 12.7. The number of amides is 1. The van der Waals surface area contributed by atoms with Crippen molar-refractivity contribution in [2.45, 2.75) is 63.7 Å². The molecule has 1 aliphatic heterocycles. The zero-order valence-corrected chi connectivity index (χ0v) is 12.2. The van der Waals surface area contributed by atoms with Crippen molar-refractivity contribution in [3.8, 4) is 0 Å². The van der Waals surface area contributed by atoms with Crippen molar-refractivity contribution in [2.24, 2.45) is 0 Å². The second-order valence-electron chi connectivity index (χ2n) is 5.98. The first-order chi connectivity index (χ1) is 9.81. The standard InChI is InChI=1S/C17H24N2O/c1-2-15-17(20)19(14-11-7-4-8-12-14)16(18-15)13-9-5-3-6-10-13/h3,5-6,9-10,14-16,18H,2,4,7-8,11-12H2,1H3. The van der Waals surface area contributed by atoms with Crippen molar-refractivity contribution < 1.29 is 4.79 Å². The minimum absolute atomic E-state index is 0.0119. The normalized spacial score (nSPS) is 28.1. The van der Waals surface area contributed by atoms with E-state index in [1.165, 1.54) is 24.8 Å². The van der Waals surface area contributed by atoms with Crippen LogP contribution in [0, 0.1) is 0 Å². The van der Waals surface area contributed by atoms with Gasteiger partial charge in [-0.05, 0) is 24.8 Å². The summed E-state index contributed by atoms with van der Waals surface area (Å²) in [5, 5.41) is 3.53. The molecular formula is C17H24N2O. The number of hydrogen-bond donors (Lipinski definition) is 1. The van der Waals surface area contributed by atoms with Gasteiger partial charge in [-0.25, -0.2) is 0 Å². The smallest absolute Gasteiger partial charge is 0.241 e. The minimum Gasteiger partial charge on any atom is -0.319 e. The number of nitrogens with zero attached hydrogens (tertiary/aromatic N) is 1. The van der Waals surface area contributed by atoms with Crippen LogP contribution in [0.3, 0.4) is 0 Å². The largest absolute Gasteiger partial charge is 0.319 e. The van der Waals surface area contributed by atoms with Gasteiger partial charge in [0.15, 0.2) is 0 Å². The van der Waals surface area contributed by atoms with Crippen molar-refractivity contribution in [1.82, 2.24) is 10.2 Å². The van der Waals surface area contributed by atoms with Crippen LogP contribution in [0.5, 0.6) is 0 Å². The highest BCUT2D eigenvalue weighted by Crippen LogP contribution is 2.33. The molecule has 1 saturated carbocycles. The Hall–Kier alpha value is -1.35. The van der Waals surface area contributed by atoms with Gasteiger partial charge in [0.2, 0.25) is 5.91 Å². The Bertz CT molecular complexity index is 453. The molecule has 2 aliphatic rings. The molecule has 1 aliphatic carbocycles. The lowest BCUT2D eigenvalue weighted by Gasteiger charge is -2.35. The molecule has 2 unspecified atom stereocenters. The Morgan fingerprint density at radius 1 is 1.15 bits per heavy atom. The SMILES string of the molecule is CCC1NC(c2ccccc2)N(C2CCCCC2)C1=O. The van der Waals surface area contributed by atoms with Crippen molar-refractivity contribution in [1.29, 1.82) is 0 Å². The number of rotatable bonds is 3. The zero-order chi connectivity index (χ0) is 13.9. The van der Waals surface area contributed by atoms with Gasteiger partial charge in [-0.3, -0.25) is 10.1 Å². The third-order valence-electron chi connectivity index (χ3n) is 4.68. The summed E-state index contributed by atoms with van der Waals surface area (Å²) in [5.74, 6) is 0.299. The zero-order valence-electron chi connectivity index (χ0n) is 12.2. The Morgan fingerprint density at radius 3 is 2.50 bits per heavy atom. The van der Waals surface area contributed by atoms with E-state index in [0.717, 1.165) is 19.3 Å². The summed E-state index contributed by atoms with van der Waals surface area (Å²) in [7, 11) is 0. The molecular weight excluding hydrogens is 248 g/mol. The van der Waals surface area contributed by atoms with Gasteiger partial charge in [0.05, 0.1) is 6.04 Å². The maximum atomic E-state index is 12.7. The molecule has 3 nitrogen and oxygen atoms in total. The lowest BCUT2D eigenvalue weighted by atomic mass is 9.93. The van der Waals surface area contributed by atoms with E-state index in [1.54, 1.807) is 0 Å². The monoisotopic (exact) mass is 272 g/mol. The van der Waals surface area contributed by atoms with Crippen LogP contribution < -0.4 is 5.32 Å². The van der Waals surface area contributed by atoms with Crippen molar-refractivity contribution >= 4 is 5.91 Å². The molecule has 0 aromatic heterocycles. The average molecular weight is 272 g/mol. The summed E-state index contributed by atoms with van der Waals surface area (Å²) in [5.41, 5.74) is 1.21. The maximum Gasteiger partial charge on any atom is 0.241 e. The molecule has 1 aromatic rings. The number of hydrogen-bond acceptors (Lipinski definition) is 2. The molecule has 2 fully saturated rings. The van der Waals surface area contributed by atoms with E-state index < -0.39 is 0 Å². The molecule has 2 atom stereocenters. The summed E-state index contributed by atoms with van der Waals surface area (Å²) in [6, 6.07) is 10.8. The van der Waals surface area contributed by atoms with Gasteiger partial charge in [-0.15, -0.1) is 0 Å². The quantitative estimate of drug-likeness (QED) is 0.916. The Kier molecular flexibility index (Phi) is 4.06. The third-order valence-corrected chi connectivity index (χ3v) is 4.68. The lowest BCUT2D eigenvalue weighted by Crippen LogP contribution is -2.41. The van der Waals surface area contributed by atoms with Gasteiger partial charge in [0, 0.05) is 6.04 Å². The van der Waals surface area contributed by atoms with Crippen molar-refractivity contribution in [3.63, 3.8) is 0 Å². The van der Waals surface area contributed by atoms with Gasteiger partial charge in [-0.2, -0.15) is 0 Å². The number of benzene rings is 1. The summed E-state index contributed by atoms with van der Waals surface area (Å²) in [6.07, 6.45) is 7.08. The predicted molar refractivity (Wildman–Crippen MR) is 80.1 cm³/mol. The van der Waals surface area contributed by atoms with E-state index in [9.17, 15) is 4.79 Å². The van der Waals surface area contributed by atoms with Crippen LogP contribution in [0.25, 0.3) is 0 Å². The second kappa shape index (κ2) is 5.96. The molecule has 1 aromatic carbocycles. The molecule has 108 valence electrons. The third kappa shape index (κ3) is 2.47. The first kappa shape index (κ1) is 13.6. The van der Waals surface area contributed by atoms with Crippen LogP contribution in [0.2, 0.25) is 0 Å². The predicted octanol–water partition coefficient (Wildman–Crippen LogP) is 3.23. The summed E-state index contributed by atoms with van der Waals surface area (Å²) in [4.78, 5) is 14.8. The van der Waals surface area contributed by atoms with Gasteiger partial charge < -0.3 is 4.90 Å². The van der Waals surface area contributed by atoms with Gasteiger partial charge in [0.1, 0.15) is 6.17 Å². The molecule has 3 rings (SSSR count). The average Bonchev–Trinajstić information content (AvgIpc) is 2.86. The highest BCUT2D eigenvalue weighted by Gasteiger charge is 2.42. The van der Waals surface area contributed by atoms with Crippen molar-refractivity contribution in [3.05, 3.63) is 35.9 Å². The van der Waals surface area contributed by atoms with Crippen LogP contribution in [0.1, 0.15) is 57.2 Å². The first-order valence-electron chi connectivity index (χ1n) is 7.94. The van der Waals surface area contributed by atoms with E-state index >= 15 is 0 Å². The fraction of sp³-hybridized carbons (Fsp3) is 0.588. The van der Waals surface area contributed by atoms with Crippen LogP contribution in [0.15, 0.2) is 30.3 Å². The van der Waals surface area contributed by atoms with Gasteiger partial charge >= 0.3 is 0 Å². The van der Waals surface area contributed by atoms with E-state index in [0.29, 0.717) is 11.9 Å². The molecule has 0 spiro atoms. The number of carbonyl (C=O) groups excluding carboxylic acids is 1. The van der Waals surface area contributed by atoms with E-state index in [-0.39, 0.29) is 12.2 Å². The van der Waals surface area contributed by atoms with Crippen LogP contribution in [0.4, 0.5) is 0 Å². The van der Waals surface area contributed by atoms with Crippen LogP contribution in [-0.4, -0.2) is 22.9 Å². The first-order valence-corrected chi connectivity index (χ1v) is 7.94. The Balaban J connectivity index is 1.87. The fourth-order valence-electron chi connectivity index (χ4n) is 3.58. The Morgan fingerprint density at radius 2 is 1.85 bits per heavy atom. The fourth-order valence-corrected chi connectivity index (χ4v) is 3.58. The van der Waals surface area contributed by atoms with Crippen molar-refractivity contribution in [2.75, 3.05) is 0 Å². The molecule has 0 bridgehead atoms. The molecule has 1 amide bonds. The molecule has 1 saturated heterocycles. The van der Waals surface area contributed by atoms with E-state index in [2.05, 4.69) is 41.4 Å². The highest BCUT2D eigenvalue weighted by molar-refractivity contribution is 5.84. The summed E-state index contributed by atoms with van der Waals surface area (Å²) >= 11 is 0. The summed E-state index contributed by atoms with van der Waals surface area (Å²) < 4.78 is 0. The Labute approximate surface area is 121 Å². The second-order valence-corrected chi connectivity index (χ2v) is 5.98. The molecule has 20 heavy (non-hydrogen) atoms. The molecule has 0 radical (unpaired) electrons. The lowest BCUT2D eigenvalue weighted by molar-refractivity contribution is -0.133. The minimum atomic E-state index is -0.0119. The topological polar surface area (TPSA) is 32.3 Å². The number of carbonyl (C=O) groups is 1. The summed E-state index contributed by atoms with van der Waals surface area (Å²) in [6.45, 7) is 2.09. The van der Waals surface area contributed by atoms with E-state index in [4.69, 9.17) is 0 Å². The van der Waals surface area contributed by atoms with Crippen LogP contribution >= 0.6 is 0 Å². The van der Waals surface area contributed by atoms with Crippen LogP contribution in [-0.2, 0) is 4.79 Å². The molecule has 1 N–H and O–H groups in total.